The highest BCUT2D eigenvalue weighted by Crippen LogP contribution is 2.18. The van der Waals surface area contributed by atoms with Gasteiger partial charge in [0.15, 0.2) is 11.5 Å². The van der Waals surface area contributed by atoms with E-state index in [4.69, 9.17) is 11.6 Å². The first-order valence-corrected chi connectivity index (χ1v) is 6.81. The molecule has 0 N–H and O–H groups in total. The first-order chi connectivity index (χ1) is 8.72. The highest BCUT2D eigenvalue weighted by Gasteiger charge is 2.20. The lowest BCUT2D eigenvalue weighted by atomic mass is 10.00. The van der Waals surface area contributed by atoms with Crippen LogP contribution in [0.25, 0.3) is 5.65 Å². The molecule has 1 aliphatic heterocycles. The molecule has 0 aliphatic carbocycles. The molecule has 0 spiro atoms. The van der Waals surface area contributed by atoms with Crippen molar-refractivity contribution >= 4 is 17.2 Å². The van der Waals surface area contributed by atoms with E-state index < -0.39 is 0 Å². The standard InChI is InChI=1S/C13H17ClN4/c1-17-7-3-2-4-11(17)8-12-15-13-6-5-10(14)9-18(13)16-12/h5-6,9,11H,2-4,7-8H2,1H3. The maximum absolute atomic E-state index is 5.95. The maximum Gasteiger partial charge on any atom is 0.155 e. The van der Waals surface area contributed by atoms with Crippen molar-refractivity contribution in [1.82, 2.24) is 19.5 Å². The van der Waals surface area contributed by atoms with Crippen LogP contribution in [-0.2, 0) is 6.42 Å². The first kappa shape index (κ1) is 11.9. The molecule has 3 heterocycles. The van der Waals surface area contributed by atoms with Gasteiger partial charge in [0, 0.05) is 18.7 Å². The van der Waals surface area contributed by atoms with Crippen molar-refractivity contribution in [1.29, 1.82) is 0 Å². The first-order valence-electron chi connectivity index (χ1n) is 6.43. The van der Waals surface area contributed by atoms with Gasteiger partial charge in [0.05, 0.1) is 5.02 Å². The van der Waals surface area contributed by atoms with Crippen molar-refractivity contribution in [2.75, 3.05) is 13.6 Å². The summed E-state index contributed by atoms with van der Waals surface area (Å²) in [4.78, 5) is 6.97. The van der Waals surface area contributed by atoms with Gasteiger partial charge in [0.25, 0.3) is 0 Å². The van der Waals surface area contributed by atoms with Gasteiger partial charge >= 0.3 is 0 Å². The fourth-order valence-electron chi connectivity index (χ4n) is 2.60. The molecule has 1 saturated heterocycles. The fraction of sp³-hybridized carbons (Fsp3) is 0.538. The highest BCUT2D eigenvalue weighted by molar-refractivity contribution is 6.30. The smallest absolute Gasteiger partial charge is 0.155 e. The monoisotopic (exact) mass is 264 g/mol. The third-order valence-electron chi connectivity index (χ3n) is 3.68. The summed E-state index contributed by atoms with van der Waals surface area (Å²) in [5.74, 6) is 0.913. The molecule has 0 bridgehead atoms. The van der Waals surface area contributed by atoms with E-state index in [9.17, 15) is 0 Å². The quantitative estimate of drug-likeness (QED) is 0.835. The Kier molecular flexibility index (Phi) is 3.22. The summed E-state index contributed by atoms with van der Waals surface area (Å²) < 4.78 is 1.76. The third kappa shape index (κ3) is 2.35. The van der Waals surface area contributed by atoms with Crippen molar-refractivity contribution in [3.05, 3.63) is 29.2 Å². The van der Waals surface area contributed by atoms with Crippen molar-refractivity contribution in [3.8, 4) is 0 Å². The Labute approximate surface area is 112 Å². The molecule has 4 nitrogen and oxygen atoms in total. The normalized spacial score (nSPS) is 21.6. The number of hydrogen-bond acceptors (Lipinski definition) is 3. The van der Waals surface area contributed by atoms with Crippen LogP contribution in [0.5, 0.6) is 0 Å². The van der Waals surface area contributed by atoms with Gasteiger partial charge in [0.1, 0.15) is 0 Å². The summed E-state index contributed by atoms with van der Waals surface area (Å²) in [6, 6.07) is 4.33. The molecule has 2 aromatic rings. The van der Waals surface area contributed by atoms with Crippen LogP contribution in [0.4, 0.5) is 0 Å². The minimum atomic E-state index is 0.576. The zero-order chi connectivity index (χ0) is 12.5. The van der Waals surface area contributed by atoms with Crippen LogP contribution < -0.4 is 0 Å². The Morgan fingerprint density at radius 3 is 3.11 bits per heavy atom. The van der Waals surface area contributed by atoms with Gasteiger partial charge in [-0.3, -0.25) is 0 Å². The number of aromatic nitrogens is 3. The van der Waals surface area contributed by atoms with E-state index in [1.54, 1.807) is 10.7 Å². The van der Waals surface area contributed by atoms with Gasteiger partial charge in [-0.25, -0.2) is 9.50 Å². The van der Waals surface area contributed by atoms with E-state index in [-0.39, 0.29) is 0 Å². The summed E-state index contributed by atoms with van der Waals surface area (Å²) in [7, 11) is 2.19. The number of likely N-dealkylation sites (N-methyl/N-ethyl adjacent to an activating group) is 1. The number of pyridine rings is 1. The van der Waals surface area contributed by atoms with Crippen LogP contribution in [0.3, 0.4) is 0 Å². The zero-order valence-electron chi connectivity index (χ0n) is 10.5. The van der Waals surface area contributed by atoms with Crippen LogP contribution in [0.2, 0.25) is 5.02 Å². The predicted octanol–water partition coefficient (Wildman–Crippen LogP) is 2.41. The molecular formula is C13H17ClN4. The second-order valence-electron chi connectivity index (χ2n) is 5.01. The van der Waals surface area contributed by atoms with E-state index in [1.807, 2.05) is 12.1 Å². The molecule has 0 saturated carbocycles. The molecule has 0 radical (unpaired) electrons. The molecule has 1 atom stereocenters. The van der Waals surface area contributed by atoms with E-state index in [0.29, 0.717) is 11.1 Å². The van der Waals surface area contributed by atoms with E-state index in [1.165, 1.54) is 25.8 Å². The summed E-state index contributed by atoms with van der Waals surface area (Å²) in [6.07, 6.45) is 6.59. The molecule has 1 aliphatic rings. The van der Waals surface area contributed by atoms with Crippen molar-refractivity contribution in [2.45, 2.75) is 31.7 Å². The van der Waals surface area contributed by atoms with Crippen molar-refractivity contribution < 1.29 is 0 Å². The lowest BCUT2D eigenvalue weighted by molar-refractivity contribution is 0.182. The molecule has 18 heavy (non-hydrogen) atoms. The van der Waals surface area contributed by atoms with Gasteiger partial charge < -0.3 is 4.90 Å². The Morgan fingerprint density at radius 2 is 2.28 bits per heavy atom. The molecule has 0 amide bonds. The van der Waals surface area contributed by atoms with Gasteiger partial charge in [-0.15, -0.1) is 0 Å². The Morgan fingerprint density at radius 1 is 1.39 bits per heavy atom. The summed E-state index contributed by atoms with van der Waals surface area (Å²) >= 11 is 5.95. The van der Waals surface area contributed by atoms with Crippen LogP contribution in [-0.4, -0.2) is 39.1 Å². The van der Waals surface area contributed by atoms with Gasteiger partial charge in [-0.05, 0) is 38.6 Å². The lowest BCUT2D eigenvalue weighted by Gasteiger charge is -2.31. The maximum atomic E-state index is 5.95. The Bertz CT molecular complexity index is 551. The summed E-state index contributed by atoms with van der Waals surface area (Å²) in [5.41, 5.74) is 0.868. The molecule has 96 valence electrons. The average Bonchev–Trinajstić information content (AvgIpc) is 2.73. The van der Waals surface area contributed by atoms with Crippen LogP contribution in [0, 0.1) is 0 Å². The van der Waals surface area contributed by atoms with Crippen molar-refractivity contribution in [2.24, 2.45) is 0 Å². The molecular weight excluding hydrogens is 248 g/mol. The number of rotatable bonds is 2. The minimum absolute atomic E-state index is 0.576. The second-order valence-corrected chi connectivity index (χ2v) is 5.45. The van der Waals surface area contributed by atoms with Crippen LogP contribution in [0.15, 0.2) is 18.3 Å². The van der Waals surface area contributed by atoms with Gasteiger partial charge in [-0.2, -0.15) is 5.10 Å². The minimum Gasteiger partial charge on any atom is -0.303 e. The van der Waals surface area contributed by atoms with E-state index in [2.05, 4.69) is 22.0 Å². The highest BCUT2D eigenvalue weighted by atomic mass is 35.5. The molecule has 3 rings (SSSR count). The number of fused-ring (bicyclic) bond motifs is 1. The van der Waals surface area contributed by atoms with Gasteiger partial charge in [0.2, 0.25) is 0 Å². The molecule has 0 aromatic carbocycles. The van der Waals surface area contributed by atoms with Crippen molar-refractivity contribution in [3.63, 3.8) is 0 Å². The third-order valence-corrected chi connectivity index (χ3v) is 3.90. The SMILES string of the molecule is CN1CCCCC1Cc1nc2ccc(Cl)cn2n1. The zero-order valence-corrected chi connectivity index (χ0v) is 11.3. The summed E-state index contributed by atoms with van der Waals surface area (Å²) in [6.45, 7) is 1.18. The molecule has 2 aromatic heterocycles. The molecule has 5 heteroatoms. The average molecular weight is 265 g/mol. The topological polar surface area (TPSA) is 33.4 Å². The largest absolute Gasteiger partial charge is 0.303 e. The van der Waals surface area contributed by atoms with Gasteiger partial charge in [-0.1, -0.05) is 18.0 Å². The second kappa shape index (κ2) is 4.86. The predicted molar refractivity (Wildman–Crippen MR) is 72.0 cm³/mol. The van der Waals surface area contributed by atoms with E-state index in [0.717, 1.165) is 17.9 Å². The Balaban J connectivity index is 1.81. The van der Waals surface area contributed by atoms with E-state index >= 15 is 0 Å². The van der Waals surface area contributed by atoms with Crippen LogP contribution >= 0.6 is 11.6 Å². The molecule has 1 fully saturated rings. The number of halogens is 1. The fourth-order valence-corrected chi connectivity index (χ4v) is 2.76. The number of likely N-dealkylation sites (tertiary alicyclic amines) is 1. The van der Waals surface area contributed by atoms with Crippen LogP contribution in [0.1, 0.15) is 25.1 Å². The molecule has 1 unspecified atom stereocenters. The number of hydrogen-bond donors (Lipinski definition) is 0. The summed E-state index contributed by atoms with van der Waals surface area (Å²) in [5, 5.41) is 5.19. The Hall–Kier alpha value is -1.13. The number of nitrogens with zero attached hydrogens (tertiary/aromatic N) is 4. The number of piperidine rings is 1. The lowest BCUT2D eigenvalue weighted by Crippen LogP contribution is -2.37.